The average molecular weight is 206 g/mol. The van der Waals surface area contributed by atoms with E-state index in [0.717, 1.165) is 0 Å². The summed E-state index contributed by atoms with van der Waals surface area (Å²) >= 11 is 0. The Hall–Kier alpha value is -1.84. The molecule has 1 heterocycles. The third kappa shape index (κ3) is 2.56. The Balaban J connectivity index is 1.99. The quantitative estimate of drug-likeness (QED) is 0.755. The van der Waals surface area contributed by atoms with Crippen molar-refractivity contribution in [3.05, 3.63) is 36.2 Å². The van der Waals surface area contributed by atoms with Crippen LogP contribution in [0, 0.1) is 0 Å². The molecule has 4 heteroatoms. The zero-order chi connectivity index (χ0) is 10.7. The molecule has 0 aromatic heterocycles. The molecule has 0 radical (unpaired) electrons. The number of hydrogen-bond donors (Lipinski definition) is 1. The van der Waals surface area contributed by atoms with Gasteiger partial charge in [0.15, 0.2) is 6.23 Å². The summed E-state index contributed by atoms with van der Waals surface area (Å²) in [5, 5.41) is 0. The first-order valence-corrected chi connectivity index (χ1v) is 4.65. The second-order valence-electron chi connectivity index (χ2n) is 3.24. The summed E-state index contributed by atoms with van der Waals surface area (Å²) in [5.41, 5.74) is 6.21. The fraction of sp³-hybridized carbons (Fsp3) is 0.182. The van der Waals surface area contributed by atoms with Gasteiger partial charge >= 0.3 is 0 Å². The fourth-order valence-corrected chi connectivity index (χ4v) is 1.26. The summed E-state index contributed by atoms with van der Waals surface area (Å²) in [4.78, 5) is 3.91. The summed E-state index contributed by atoms with van der Waals surface area (Å²) in [5.74, 6) is 0.370. The molecule has 1 aliphatic heterocycles. The SMILES string of the molecule is Nc1ccc(OC2CC=C(F)C=N2)cc1. The van der Waals surface area contributed by atoms with Crippen LogP contribution in [0.5, 0.6) is 5.75 Å². The Bertz CT molecular complexity index is 398. The van der Waals surface area contributed by atoms with Gasteiger partial charge in [0.1, 0.15) is 11.6 Å². The van der Waals surface area contributed by atoms with Crippen LogP contribution in [-0.4, -0.2) is 12.4 Å². The molecule has 1 unspecified atom stereocenters. The van der Waals surface area contributed by atoms with Crippen molar-refractivity contribution in [3.63, 3.8) is 0 Å². The van der Waals surface area contributed by atoms with Crippen LogP contribution in [-0.2, 0) is 0 Å². The van der Waals surface area contributed by atoms with E-state index in [-0.39, 0.29) is 12.1 Å². The van der Waals surface area contributed by atoms with Crippen LogP contribution in [0.1, 0.15) is 6.42 Å². The maximum Gasteiger partial charge on any atom is 0.193 e. The van der Waals surface area contributed by atoms with Gasteiger partial charge in [-0.1, -0.05) is 0 Å². The van der Waals surface area contributed by atoms with E-state index < -0.39 is 0 Å². The highest BCUT2D eigenvalue weighted by molar-refractivity contribution is 5.76. The molecule has 1 atom stereocenters. The molecule has 78 valence electrons. The van der Waals surface area contributed by atoms with E-state index in [0.29, 0.717) is 17.9 Å². The Kier molecular flexibility index (Phi) is 2.67. The molecule has 0 spiro atoms. The number of anilines is 1. The first-order valence-electron chi connectivity index (χ1n) is 4.65. The van der Waals surface area contributed by atoms with Crippen LogP contribution >= 0.6 is 0 Å². The molecule has 1 aliphatic rings. The van der Waals surface area contributed by atoms with Crippen LogP contribution < -0.4 is 10.5 Å². The maximum atomic E-state index is 12.6. The number of dihydropyridines is 1. The van der Waals surface area contributed by atoms with Gasteiger partial charge in [-0.3, -0.25) is 0 Å². The number of hydrogen-bond acceptors (Lipinski definition) is 3. The van der Waals surface area contributed by atoms with Crippen molar-refractivity contribution in [3.8, 4) is 5.75 Å². The van der Waals surface area contributed by atoms with E-state index in [1.807, 2.05) is 0 Å². The molecule has 1 aromatic rings. The molecule has 0 saturated heterocycles. The Labute approximate surface area is 87.1 Å². The molecular weight excluding hydrogens is 195 g/mol. The average Bonchev–Trinajstić information content (AvgIpc) is 2.25. The van der Waals surface area contributed by atoms with E-state index in [2.05, 4.69) is 4.99 Å². The topological polar surface area (TPSA) is 47.6 Å². The number of nitrogens with two attached hydrogens (primary N) is 1. The summed E-state index contributed by atoms with van der Waals surface area (Å²) < 4.78 is 18.1. The minimum Gasteiger partial charge on any atom is -0.468 e. The summed E-state index contributed by atoms with van der Waals surface area (Å²) in [6.07, 6.45) is 2.74. The van der Waals surface area contributed by atoms with Gasteiger partial charge in [-0.2, -0.15) is 0 Å². The minimum absolute atomic E-state index is 0.313. The lowest BCUT2D eigenvalue weighted by Crippen LogP contribution is -2.15. The highest BCUT2D eigenvalue weighted by atomic mass is 19.1. The van der Waals surface area contributed by atoms with Gasteiger partial charge in [0.05, 0.1) is 6.21 Å². The largest absolute Gasteiger partial charge is 0.468 e. The second kappa shape index (κ2) is 4.13. The predicted molar refractivity (Wildman–Crippen MR) is 57.6 cm³/mol. The minimum atomic E-state index is -0.340. The second-order valence-corrected chi connectivity index (χ2v) is 3.24. The molecule has 3 nitrogen and oxygen atoms in total. The van der Waals surface area contributed by atoms with Crippen LogP contribution in [0.25, 0.3) is 0 Å². The molecule has 0 bridgehead atoms. The molecule has 0 fully saturated rings. The number of halogens is 1. The maximum absolute atomic E-state index is 12.6. The van der Waals surface area contributed by atoms with Crippen LogP contribution in [0.2, 0.25) is 0 Å². The molecule has 1 aromatic carbocycles. The van der Waals surface area contributed by atoms with Crippen molar-refractivity contribution in [2.45, 2.75) is 12.6 Å². The lowest BCUT2D eigenvalue weighted by Gasteiger charge is -2.15. The van der Waals surface area contributed by atoms with Gasteiger partial charge < -0.3 is 10.5 Å². The van der Waals surface area contributed by atoms with Crippen LogP contribution in [0.4, 0.5) is 10.1 Å². The lowest BCUT2D eigenvalue weighted by molar-refractivity contribution is 0.213. The van der Waals surface area contributed by atoms with Crippen molar-refractivity contribution >= 4 is 11.9 Å². The molecule has 2 rings (SSSR count). The highest BCUT2D eigenvalue weighted by Gasteiger charge is 2.10. The molecule has 0 amide bonds. The molecule has 0 saturated carbocycles. The van der Waals surface area contributed by atoms with Gasteiger partial charge in [0.2, 0.25) is 0 Å². The Morgan fingerprint density at radius 1 is 1.33 bits per heavy atom. The van der Waals surface area contributed by atoms with Crippen molar-refractivity contribution in [1.29, 1.82) is 0 Å². The smallest absolute Gasteiger partial charge is 0.193 e. The lowest BCUT2D eigenvalue weighted by atomic mass is 10.3. The molecular formula is C11H11FN2O. The van der Waals surface area contributed by atoms with Crippen molar-refractivity contribution in [2.75, 3.05) is 5.73 Å². The van der Waals surface area contributed by atoms with Crippen LogP contribution in [0.3, 0.4) is 0 Å². The van der Waals surface area contributed by atoms with Crippen LogP contribution in [0.15, 0.2) is 41.2 Å². The van der Waals surface area contributed by atoms with E-state index >= 15 is 0 Å². The zero-order valence-corrected chi connectivity index (χ0v) is 8.06. The summed E-state index contributed by atoms with van der Waals surface area (Å²) in [7, 11) is 0. The number of nitrogens with zero attached hydrogens (tertiary/aromatic N) is 1. The van der Waals surface area contributed by atoms with Gasteiger partial charge in [-0.15, -0.1) is 0 Å². The fourth-order valence-electron chi connectivity index (χ4n) is 1.26. The van der Waals surface area contributed by atoms with Gasteiger partial charge in [-0.25, -0.2) is 9.38 Å². The summed E-state index contributed by atoms with van der Waals surface area (Å²) in [6.45, 7) is 0. The first-order chi connectivity index (χ1) is 7.24. The first kappa shape index (κ1) is 9.71. The predicted octanol–water partition coefficient (Wildman–Crippen LogP) is 2.30. The van der Waals surface area contributed by atoms with Crippen molar-refractivity contribution < 1.29 is 9.13 Å². The monoisotopic (exact) mass is 206 g/mol. The number of allylic oxidation sites excluding steroid dienone is 1. The molecule has 0 aliphatic carbocycles. The molecule has 2 N–H and O–H groups in total. The standard InChI is InChI=1S/C11H11FN2O/c12-8-1-6-11(14-7-8)15-10-4-2-9(13)3-5-10/h1-5,7,11H,6,13H2. The van der Waals surface area contributed by atoms with E-state index in [1.165, 1.54) is 12.3 Å². The third-order valence-electron chi connectivity index (χ3n) is 2.03. The highest BCUT2D eigenvalue weighted by Crippen LogP contribution is 2.18. The van der Waals surface area contributed by atoms with E-state index in [4.69, 9.17) is 10.5 Å². The number of aliphatic imine (C=N–C) groups is 1. The zero-order valence-electron chi connectivity index (χ0n) is 8.06. The number of benzene rings is 1. The van der Waals surface area contributed by atoms with Gasteiger partial charge in [0, 0.05) is 12.1 Å². The summed E-state index contributed by atoms with van der Waals surface area (Å²) in [6, 6.07) is 7.02. The van der Waals surface area contributed by atoms with Gasteiger partial charge in [0.25, 0.3) is 0 Å². The van der Waals surface area contributed by atoms with E-state index in [9.17, 15) is 4.39 Å². The van der Waals surface area contributed by atoms with Crippen molar-refractivity contribution in [1.82, 2.24) is 0 Å². The number of rotatable bonds is 2. The third-order valence-corrected chi connectivity index (χ3v) is 2.03. The normalized spacial score (nSPS) is 19.8. The molecule has 15 heavy (non-hydrogen) atoms. The number of ether oxygens (including phenoxy) is 1. The van der Waals surface area contributed by atoms with E-state index in [1.54, 1.807) is 24.3 Å². The van der Waals surface area contributed by atoms with Crippen molar-refractivity contribution in [2.24, 2.45) is 4.99 Å². The number of nitrogen functional groups attached to an aromatic ring is 1. The Morgan fingerprint density at radius 2 is 2.07 bits per heavy atom. The van der Waals surface area contributed by atoms with Gasteiger partial charge in [-0.05, 0) is 30.3 Å². The Morgan fingerprint density at radius 3 is 2.67 bits per heavy atom.